The van der Waals surface area contributed by atoms with Crippen LogP contribution in [0.15, 0.2) is 61.4 Å². The highest BCUT2D eigenvalue weighted by atomic mass is 16.5. The predicted molar refractivity (Wildman–Crippen MR) is 102 cm³/mol. The van der Waals surface area contributed by atoms with Gasteiger partial charge in [0, 0.05) is 56.9 Å². The first-order chi connectivity index (χ1) is 12.7. The Bertz CT molecular complexity index is 728. The second-order valence-electron chi connectivity index (χ2n) is 6.18. The number of urea groups is 1. The average Bonchev–Trinajstić information content (AvgIpc) is 2.68. The minimum Gasteiger partial charge on any atom is -0.489 e. The largest absolute Gasteiger partial charge is 0.489 e. The number of nitrogens with one attached hydrogen (secondary N) is 1. The van der Waals surface area contributed by atoms with Gasteiger partial charge in [-0.1, -0.05) is 18.7 Å². The Morgan fingerprint density at radius 2 is 1.96 bits per heavy atom. The second kappa shape index (κ2) is 9.01. The molecular formula is C20H24N4O2. The molecule has 6 heteroatoms. The molecule has 0 atom stereocenters. The van der Waals surface area contributed by atoms with Gasteiger partial charge in [-0.15, -0.1) is 0 Å². The molecule has 0 radical (unpaired) electrons. The molecule has 1 aliphatic rings. The van der Waals surface area contributed by atoms with Gasteiger partial charge in [0.05, 0.1) is 0 Å². The lowest BCUT2D eigenvalue weighted by atomic mass is 10.2. The van der Waals surface area contributed by atoms with E-state index in [-0.39, 0.29) is 6.03 Å². The molecule has 1 aromatic carbocycles. The van der Waals surface area contributed by atoms with Gasteiger partial charge in [-0.2, -0.15) is 0 Å². The Morgan fingerprint density at radius 3 is 2.69 bits per heavy atom. The van der Waals surface area contributed by atoms with E-state index in [0.717, 1.165) is 25.3 Å². The molecule has 2 aromatic rings. The van der Waals surface area contributed by atoms with Crippen LogP contribution in [0.2, 0.25) is 0 Å². The number of anilines is 1. The van der Waals surface area contributed by atoms with Crippen LogP contribution in [-0.2, 0) is 6.54 Å². The fraction of sp³-hybridized carbons (Fsp3) is 0.300. The highest BCUT2D eigenvalue weighted by molar-refractivity contribution is 5.89. The summed E-state index contributed by atoms with van der Waals surface area (Å²) in [4.78, 5) is 20.7. The molecule has 6 nitrogen and oxygen atoms in total. The minimum atomic E-state index is -0.0746. The zero-order chi connectivity index (χ0) is 18.2. The van der Waals surface area contributed by atoms with Crippen LogP contribution >= 0.6 is 0 Å². The van der Waals surface area contributed by atoms with E-state index in [2.05, 4.69) is 21.8 Å². The van der Waals surface area contributed by atoms with Crippen LogP contribution in [0.3, 0.4) is 0 Å². The van der Waals surface area contributed by atoms with Crippen LogP contribution in [0.25, 0.3) is 0 Å². The van der Waals surface area contributed by atoms with Crippen molar-refractivity contribution in [2.75, 3.05) is 38.1 Å². The van der Waals surface area contributed by atoms with E-state index in [0.29, 0.717) is 25.4 Å². The average molecular weight is 352 g/mol. The van der Waals surface area contributed by atoms with E-state index in [1.165, 1.54) is 5.56 Å². The van der Waals surface area contributed by atoms with E-state index < -0.39 is 0 Å². The Morgan fingerprint density at radius 1 is 1.19 bits per heavy atom. The molecule has 1 N–H and O–H groups in total. The van der Waals surface area contributed by atoms with Gasteiger partial charge < -0.3 is 15.0 Å². The molecule has 2 heterocycles. The van der Waals surface area contributed by atoms with E-state index in [1.807, 2.05) is 53.7 Å². The molecule has 0 bridgehead atoms. The molecule has 1 saturated heterocycles. The highest BCUT2D eigenvalue weighted by Crippen LogP contribution is 2.18. The molecule has 1 aromatic heterocycles. The number of carbonyl (C=O) groups excluding carboxylic acids is 1. The zero-order valence-corrected chi connectivity index (χ0v) is 14.8. The molecule has 1 aliphatic heterocycles. The Hall–Kier alpha value is -2.86. The number of nitrogens with zero attached hydrogens (tertiary/aromatic N) is 3. The van der Waals surface area contributed by atoms with Crippen LogP contribution in [-0.4, -0.2) is 53.6 Å². The number of hydrogen-bond donors (Lipinski definition) is 1. The summed E-state index contributed by atoms with van der Waals surface area (Å²) in [6, 6.07) is 11.4. The van der Waals surface area contributed by atoms with Gasteiger partial charge in [0.15, 0.2) is 0 Å². The summed E-state index contributed by atoms with van der Waals surface area (Å²) in [5, 5.41) is 2.95. The number of hydrogen-bond acceptors (Lipinski definition) is 4. The van der Waals surface area contributed by atoms with Gasteiger partial charge in [-0.25, -0.2) is 4.79 Å². The second-order valence-corrected chi connectivity index (χ2v) is 6.18. The number of ether oxygens (including phenoxy) is 1. The van der Waals surface area contributed by atoms with Crippen molar-refractivity contribution in [1.29, 1.82) is 0 Å². The van der Waals surface area contributed by atoms with E-state index in [9.17, 15) is 4.79 Å². The van der Waals surface area contributed by atoms with Gasteiger partial charge in [0.1, 0.15) is 12.4 Å². The number of carbonyl (C=O) groups is 1. The van der Waals surface area contributed by atoms with Crippen molar-refractivity contribution in [1.82, 2.24) is 14.8 Å². The Balaban J connectivity index is 1.48. The van der Waals surface area contributed by atoms with Crippen molar-refractivity contribution in [2.45, 2.75) is 6.54 Å². The summed E-state index contributed by atoms with van der Waals surface area (Å²) < 4.78 is 5.50. The summed E-state index contributed by atoms with van der Waals surface area (Å²) in [6.07, 6.45) is 5.31. The number of amides is 2. The first-order valence-corrected chi connectivity index (χ1v) is 8.75. The monoisotopic (exact) mass is 352 g/mol. The molecule has 0 saturated carbocycles. The third-order valence-corrected chi connectivity index (χ3v) is 4.27. The number of piperazine rings is 1. The SMILES string of the molecule is C=CCOc1cccc(NC(=O)N2CCN(Cc3ccncc3)CC2)c1. The van der Waals surface area contributed by atoms with Crippen molar-refractivity contribution < 1.29 is 9.53 Å². The zero-order valence-electron chi connectivity index (χ0n) is 14.8. The third-order valence-electron chi connectivity index (χ3n) is 4.27. The lowest BCUT2D eigenvalue weighted by molar-refractivity contribution is 0.143. The van der Waals surface area contributed by atoms with Crippen molar-refractivity contribution >= 4 is 11.7 Å². The fourth-order valence-electron chi connectivity index (χ4n) is 2.88. The van der Waals surface area contributed by atoms with Crippen LogP contribution in [0.5, 0.6) is 5.75 Å². The highest BCUT2D eigenvalue weighted by Gasteiger charge is 2.21. The van der Waals surface area contributed by atoms with Crippen molar-refractivity contribution in [2.24, 2.45) is 0 Å². The number of rotatable bonds is 6. The molecule has 136 valence electrons. The topological polar surface area (TPSA) is 57.7 Å². The quantitative estimate of drug-likeness (QED) is 0.812. The van der Waals surface area contributed by atoms with E-state index in [1.54, 1.807) is 6.08 Å². The van der Waals surface area contributed by atoms with Gasteiger partial charge >= 0.3 is 6.03 Å². The van der Waals surface area contributed by atoms with E-state index >= 15 is 0 Å². The normalized spacial score (nSPS) is 14.7. The van der Waals surface area contributed by atoms with Gasteiger partial charge in [0.25, 0.3) is 0 Å². The fourth-order valence-corrected chi connectivity index (χ4v) is 2.88. The molecule has 3 rings (SSSR count). The first kappa shape index (κ1) is 17.9. The standard InChI is InChI=1S/C20H24N4O2/c1-2-14-26-19-5-3-4-18(15-19)22-20(25)24-12-10-23(11-13-24)16-17-6-8-21-9-7-17/h2-9,15H,1,10-14,16H2,(H,22,25). The Labute approximate surface area is 154 Å². The first-order valence-electron chi connectivity index (χ1n) is 8.75. The summed E-state index contributed by atoms with van der Waals surface area (Å²) >= 11 is 0. The minimum absolute atomic E-state index is 0.0746. The molecule has 2 amide bonds. The molecule has 1 fully saturated rings. The maximum absolute atomic E-state index is 12.5. The van der Waals surface area contributed by atoms with Crippen LogP contribution in [0.1, 0.15) is 5.56 Å². The molecule has 0 aliphatic carbocycles. The summed E-state index contributed by atoms with van der Waals surface area (Å²) in [5.74, 6) is 0.713. The van der Waals surface area contributed by atoms with Crippen LogP contribution < -0.4 is 10.1 Å². The lowest BCUT2D eigenvalue weighted by Gasteiger charge is -2.34. The number of pyridine rings is 1. The molecule has 26 heavy (non-hydrogen) atoms. The lowest BCUT2D eigenvalue weighted by Crippen LogP contribution is -2.49. The molecular weight excluding hydrogens is 328 g/mol. The van der Waals surface area contributed by atoms with Crippen molar-refractivity contribution in [3.63, 3.8) is 0 Å². The van der Waals surface area contributed by atoms with Gasteiger partial charge in [-0.3, -0.25) is 9.88 Å². The van der Waals surface area contributed by atoms with Gasteiger partial charge in [0.2, 0.25) is 0 Å². The van der Waals surface area contributed by atoms with Crippen LogP contribution in [0, 0.1) is 0 Å². The van der Waals surface area contributed by atoms with Crippen molar-refractivity contribution in [3.05, 3.63) is 67.0 Å². The maximum atomic E-state index is 12.5. The number of aromatic nitrogens is 1. The Kier molecular flexibility index (Phi) is 6.22. The maximum Gasteiger partial charge on any atom is 0.321 e. The van der Waals surface area contributed by atoms with Crippen LogP contribution in [0.4, 0.5) is 10.5 Å². The van der Waals surface area contributed by atoms with Crippen molar-refractivity contribution in [3.8, 4) is 5.75 Å². The smallest absolute Gasteiger partial charge is 0.321 e. The predicted octanol–water partition coefficient (Wildman–Crippen LogP) is 3.00. The third kappa shape index (κ3) is 5.07. The molecule has 0 unspecified atom stereocenters. The number of benzene rings is 1. The van der Waals surface area contributed by atoms with E-state index in [4.69, 9.17) is 4.74 Å². The molecule has 0 spiro atoms. The summed E-state index contributed by atoms with van der Waals surface area (Å²) in [5.41, 5.74) is 1.98. The summed E-state index contributed by atoms with van der Waals surface area (Å²) in [7, 11) is 0. The van der Waals surface area contributed by atoms with Gasteiger partial charge in [-0.05, 0) is 29.8 Å². The summed E-state index contributed by atoms with van der Waals surface area (Å²) in [6.45, 7) is 8.10.